The summed E-state index contributed by atoms with van der Waals surface area (Å²) < 4.78 is 0. The van der Waals surface area contributed by atoms with Crippen LogP contribution in [0.5, 0.6) is 0 Å². The van der Waals surface area contributed by atoms with E-state index in [1.165, 1.54) is 11.9 Å². The third kappa shape index (κ3) is 4.45. The summed E-state index contributed by atoms with van der Waals surface area (Å²) in [5.74, 6) is 0.128. The lowest BCUT2D eigenvalue weighted by molar-refractivity contribution is -0.383. The second-order valence-electron chi connectivity index (χ2n) is 5.61. The standard InChI is InChI=1S/C18H15Cl2N5O2/c1-2-11-3-5-12(6-4-11)23-17-16(25(26)27)18(22-10-21-17)24-13-7-8-14(19)15(20)9-13/h3-10H,2H2,1H3,(H2,21,22,23,24). The third-order valence-electron chi connectivity index (χ3n) is 3.81. The Bertz CT molecular complexity index is 980. The molecule has 3 aromatic rings. The smallest absolute Gasteiger partial charge is 0.334 e. The molecule has 7 nitrogen and oxygen atoms in total. The van der Waals surface area contributed by atoms with Crippen LogP contribution in [0.2, 0.25) is 10.0 Å². The monoisotopic (exact) mass is 403 g/mol. The number of hydrogen-bond acceptors (Lipinski definition) is 6. The van der Waals surface area contributed by atoms with E-state index < -0.39 is 4.92 Å². The lowest BCUT2D eigenvalue weighted by atomic mass is 10.1. The number of benzene rings is 2. The number of halogens is 2. The van der Waals surface area contributed by atoms with Crippen LogP contribution < -0.4 is 10.6 Å². The topological polar surface area (TPSA) is 93.0 Å². The molecule has 9 heteroatoms. The van der Waals surface area contributed by atoms with Crippen LogP contribution in [0, 0.1) is 10.1 Å². The van der Waals surface area contributed by atoms with Gasteiger partial charge in [0.05, 0.1) is 15.0 Å². The van der Waals surface area contributed by atoms with Crippen molar-refractivity contribution in [1.29, 1.82) is 0 Å². The Hall–Kier alpha value is -2.90. The van der Waals surface area contributed by atoms with E-state index in [1.54, 1.807) is 18.2 Å². The zero-order valence-corrected chi connectivity index (χ0v) is 15.8. The average Bonchev–Trinajstić information content (AvgIpc) is 2.65. The molecule has 0 fully saturated rings. The minimum Gasteiger partial charge on any atom is -0.334 e. The van der Waals surface area contributed by atoms with Crippen molar-refractivity contribution < 1.29 is 4.92 Å². The fourth-order valence-corrected chi connectivity index (χ4v) is 2.70. The second-order valence-corrected chi connectivity index (χ2v) is 6.42. The van der Waals surface area contributed by atoms with Crippen LogP contribution in [-0.2, 0) is 6.42 Å². The highest BCUT2D eigenvalue weighted by Crippen LogP contribution is 2.34. The number of aromatic nitrogens is 2. The zero-order chi connectivity index (χ0) is 19.4. The predicted molar refractivity (Wildman–Crippen MR) is 108 cm³/mol. The lowest BCUT2D eigenvalue weighted by Gasteiger charge is -2.11. The summed E-state index contributed by atoms with van der Waals surface area (Å²) in [6, 6.07) is 12.4. The lowest BCUT2D eigenvalue weighted by Crippen LogP contribution is -2.05. The fraction of sp³-hybridized carbons (Fsp3) is 0.111. The van der Waals surface area contributed by atoms with E-state index in [-0.39, 0.29) is 17.3 Å². The van der Waals surface area contributed by atoms with Gasteiger partial charge in [-0.2, -0.15) is 0 Å². The van der Waals surface area contributed by atoms with Gasteiger partial charge in [0, 0.05) is 11.4 Å². The van der Waals surface area contributed by atoms with Crippen LogP contribution in [0.15, 0.2) is 48.8 Å². The molecule has 0 spiro atoms. The molecule has 3 rings (SSSR count). The van der Waals surface area contributed by atoms with Crippen LogP contribution >= 0.6 is 23.2 Å². The quantitative estimate of drug-likeness (QED) is 0.402. The summed E-state index contributed by atoms with van der Waals surface area (Å²) in [6.45, 7) is 2.05. The molecule has 0 bridgehead atoms. The Kier molecular flexibility index (Phi) is 5.73. The minimum atomic E-state index is -0.539. The summed E-state index contributed by atoms with van der Waals surface area (Å²) in [5, 5.41) is 18.2. The van der Waals surface area contributed by atoms with Gasteiger partial charge in [-0.25, -0.2) is 9.97 Å². The van der Waals surface area contributed by atoms with Gasteiger partial charge in [-0.15, -0.1) is 0 Å². The van der Waals surface area contributed by atoms with Crippen LogP contribution in [-0.4, -0.2) is 14.9 Å². The summed E-state index contributed by atoms with van der Waals surface area (Å²) in [4.78, 5) is 19.1. The molecule has 138 valence electrons. The van der Waals surface area contributed by atoms with Crippen molar-refractivity contribution in [2.24, 2.45) is 0 Å². The number of anilines is 4. The first-order valence-electron chi connectivity index (χ1n) is 8.05. The van der Waals surface area contributed by atoms with Crippen molar-refractivity contribution in [3.05, 3.63) is 74.5 Å². The van der Waals surface area contributed by atoms with Gasteiger partial charge >= 0.3 is 5.69 Å². The zero-order valence-electron chi connectivity index (χ0n) is 14.2. The number of nitrogens with zero attached hydrogens (tertiary/aromatic N) is 3. The highest BCUT2D eigenvalue weighted by molar-refractivity contribution is 6.42. The van der Waals surface area contributed by atoms with E-state index in [4.69, 9.17) is 23.2 Å². The number of nitro groups is 1. The van der Waals surface area contributed by atoms with Crippen molar-refractivity contribution >= 4 is 51.9 Å². The van der Waals surface area contributed by atoms with Crippen molar-refractivity contribution in [3.8, 4) is 0 Å². The number of nitrogens with one attached hydrogen (secondary N) is 2. The molecule has 0 saturated heterocycles. The van der Waals surface area contributed by atoms with Gasteiger partial charge in [-0.3, -0.25) is 10.1 Å². The van der Waals surface area contributed by atoms with E-state index in [0.717, 1.165) is 6.42 Å². The molecule has 2 aromatic carbocycles. The molecular formula is C18H15Cl2N5O2. The first-order valence-corrected chi connectivity index (χ1v) is 8.81. The van der Waals surface area contributed by atoms with Crippen LogP contribution in [0.1, 0.15) is 12.5 Å². The maximum absolute atomic E-state index is 11.6. The Labute approximate surface area is 165 Å². The molecule has 27 heavy (non-hydrogen) atoms. The summed E-state index contributed by atoms with van der Waals surface area (Å²) in [5.41, 5.74) is 2.10. The molecular weight excluding hydrogens is 389 g/mol. The average molecular weight is 404 g/mol. The van der Waals surface area contributed by atoms with Crippen LogP contribution in [0.25, 0.3) is 0 Å². The Morgan fingerprint density at radius 1 is 0.963 bits per heavy atom. The Morgan fingerprint density at radius 3 is 2.11 bits per heavy atom. The van der Waals surface area contributed by atoms with Gasteiger partial charge < -0.3 is 10.6 Å². The minimum absolute atomic E-state index is 0.0427. The normalized spacial score (nSPS) is 10.5. The molecule has 0 aliphatic carbocycles. The van der Waals surface area contributed by atoms with Crippen molar-refractivity contribution in [1.82, 2.24) is 9.97 Å². The maximum atomic E-state index is 11.6. The number of rotatable bonds is 6. The number of aryl methyl sites for hydroxylation is 1. The van der Waals surface area contributed by atoms with Gasteiger partial charge in [-0.05, 0) is 42.3 Å². The van der Waals surface area contributed by atoms with Crippen molar-refractivity contribution in [3.63, 3.8) is 0 Å². The van der Waals surface area contributed by atoms with Crippen molar-refractivity contribution in [2.45, 2.75) is 13.3 Å². The Balaban J connectivity index is 1.94. The van der Waals surface area contributed by atoms with E-state index in [0.29, 0.717) is 21.4 Å². The summed E-state index contributed by atoms with van der Waals surface area (Å²) in [7, 11) is 0. The van der Waals surface area contributed by atoms with Gasteiger partial charge in [0.1, 0.15) is 6.33 Å². The second kappa shape index (κ2) is 8.20. The van der Waals surface area contributed by atoms with Crippen LogP contribution in [0.3, 0.4) is 0 Å². The molecule has 2 N–H and O–H groups in total. The van der Waals surface area contributed by atoms with E-state index in [2.05, 4.69) is 27.5 Å². The first-order chi connectivity index (χ1) is 13.0. The summed E-state index contributed by atoms with van der Waals surface area (Å²) in [6.07, 6.45) is 2.15. The highest BCUT2D eigenvalue weighted by Gasteiger charge is 2.23. The SMILES string of the molecule is CCc1ccc(Nc2ncnc(Nc3ccc(Cl)c(Cl)c3)c2[N+](=O)[O-])cc1. The van der Waals surface area contributed by atoms with Crippen molar-refractivity contribution in [2.75, 3.05) is 10.6 Å². The first kappa shape index (κ1) is 18.9. The van der Waals surface area contributed by atoms with Gasteiger partial charge in [0.15, 0.2) is 0 Å². The molecule has 0 atom stereocenters. The van der Waals surface area contributed by atoms with Gasteiger partial charge in [0.25, 0.3) is 0 Å². The fourth-order valence-electron chi connectivity index (χ4n) is 2.41. The van der Waals surface area contributed by atoms with E-state index in [1.807, 2.05) is 24.3 Å². The molecule has 0 radical (unpaired) electrons. The molecule has 0 amide bonds. The molecule has 0 aliphatic rings. The maximum Gasteiger partial charge on any atom is 0.353 e. The predicted octanol–water partition coefficient (Wildman–Crippen LogP) is 5.74. The Morgan fingerprint density at radius 2 is 1.56 bits per heavy atom. The van der Waals surface area contributed by atoms with Gasteiger partial charge in [0.2, 0.25) is 11.6 Å². The summed E-state index contributed by atoms with van der Waals surface area (Å²) >= 11 is 11.9. The highest BCUT2D eigenvalue weighted by atomic mass is 35.5. The molecule has 0 unspecified atom stereocenters. The van der Waals surface area contributed by atoms with Crippen LogP contribution in [0.4, 0.5) is 28.7 Å². The molecule has 1 heterocycles. The molecule has 0 aliphatic heterocycles. The number of hydrogen-bond donors (Lipinski definition) is 2. The van der Waals surface area contributed by atoms with E-state index in [9.17, 15) is 10.1 Å². The largest absolute Gasteiger partial charge is 0.353 e. The van der Waals surface area contributed by atoms with E-state index >= 15 is 0 Å². The van der Waals surface area contributed by atoms with Gasteiger partial charge in [-0.1, -0.05) is 42.3 Å². The third-order valence-corrected chi connectivity index (χ3v) is 4.55. The molecule has 1 aromatic heterocycles. The molecule has 0 saturated carbocycles.